The van der Waals surface area contributed by atoms with Gasteiger partial charge in [0.25, 0.3) is 0 Å². The van der Waals surface area contributed by atoms with Crippen LogP contribution in [0.4, 0.5) is 17.6 Å². The van der Waals surface area contributed by atoms with E-state index < -0.39 is 49.1 Å². The first-order valence-corrected chi connectivity index (χ1v) is 13.3. The van der Waals surface area contributed by atoms with Crippen molar-refractivity contribution in [3.8, 4) is 0 Å². The van der Waals surface area contributed by atoms with E-state index in [0.29, 0.717) is 6.54 Å². The summed E-state index contributed by atoms with van der Waals surface area (Å²) >= 11 is 0. The third-order valence-electron chi connectivity index (χ3n) is 6.43. The molecule has 1 aromatic heterocycles. The summed E-state index contributed by atoms with van der Waals surface area (Å²) in [5.74, 6) is -2.06. The number of aryl methyl sites for hydroxylation is 1. The Labute approximate surface area is 281 Å². The fourth-order valence-corrected chi connectivity index (χ4v) is 4.14. The van der Waals surface area contributed by atoms with Crippen molar-refractivity contribution in [2.45, 2.75) is 70.3 Å². The molecule has 2 atom stereocenters. The second-order valence-corrected chi connectivity index (χ2v) is 9.66. The smallest absolute Gasteiger partial charge is 0.480 e. The minimum Gasteiger partial charge on any atom is -0.480 e. The third kappa shape index (κ3) is 14.6. The minimum absolute atomic E-state index is 0. The molecule has 1 fully saturated rings. The van der Waals surface area contributed by atoms with Crippen LogP contribution < -0.4 is 62.0 Å². The van der Waals surface area contributed by atoms with Gasteiger partial charge in [-0.3, -0.25) is 15.6 Å². The molecule has 0 radical (unpaired) electrons. The van der Waals surface area contributed by atoms with Crippen LogP contribution >= 0.6 is 0 Å². The number of piperidine rings is 1. The molecule has 2 unspecified atom stereocenters. The number of rotatable bonds is 17. The molecule has 1 saturated heterocycles. The maximum atomic E-state index is 13.3. The van der Waals surface area contributed by atoms with Gasteiger partial charge in [0.15, 0.2) is 5.69 Å². The van der Waals surface area contributed by atoms with Crippen LogP contribution in [0.5, 0.6) is 0 Å². The van der Waals surface area contributed by atoms with E-state index in [-0.39, 0.29) is 76.6 Å². The molecule has 41 heavy (non-hydrogen) atoms. The van der Waals surface area contributed by atoms with E-state index in [1.165, 1.54) is 19.6 Å². The molecule has 0 aliphatic carbocycles. The molecule has 226 valence electrons. The van der Waals surface area contributed by atoms with Gasteiger partial charge in [-0.05, 0) is 45.3 Å². The number of halogens is 4. The topological polar surface area (TPSA) is 109 Å². The zero-order valence-electron chi connectivity index (χ0n) is 24.0. The van der Waals surface area contributed by atoms with Gasteiger partial charge >= 0.3 is 63.5 Å². The largest absolute Gasteiger partial charge is 1.00 e. The van der Waals surface area contributed by atoms with E-state index in [1.807, 2.05) is 23.6 Å². The van der Waals surface area contributed by atoms with E-state index in [9.17, 15) is 32.3 Å². The van der Waals surface area contributed by atoms with Crippen molar-refractivity contribution in [2.75, 3.05) is 40.0 Å². The number of nitrogens with zero attached hydrogens (tertiary/aromatic N) is 3. The summed E-state index contributed by atoms with van der Waals surface area (Å²) < 4.78 is 58.0. The van der Waals surface area contributed by atoms with Crippen molar-refractivity contribution >= 4 is 11.9 Å². The van der Waals surface area contributed by atoms with Crippen LogP contribution in [-0.2, 0) is 27.0 Å². The van der Waals surface area contributed by atoms with Crippen LogP contribution in [-0.4, -0.2) is 83.8 Å². The number of hydrogen-bond acceptors (Lipinski definition) is 6. The molecule has 9 nitrogen and oxygen atoms in total. The Kier molecular flexibility index (Phi) is 18.3. The second kappa shape index (κ2) is 19.8. The number of aliphatic carboxylic acids is 1. The number of nitrogens with one attached hydrogen (secondary N) is 2. The monoisotopic (exact) mass is 612 g/mol. The van der Waals surface area contributed by atoms with Crippen molar-refractivity contribution < 1.29 is 88.4 Å². The SMILES string of the molecule is COC(CF)CN(CCCC[C-]=C/C=C1\[CH-]NCCC1)CCC(NC(=O)Cn1nc(C(F)(F)F)cc1C)C(=O)O.[K+]. The van der Waals surface area contributed by atoms with Gasteiger partial charge < -0.3 is 25.4 Å². The number of carboxylic acids is 1. The molecule has 0 spiro atoms. The first-order chi connectivity index (χ1) is 19.0. The Morgan fingerprint density at radius 2 is 2.12 bits per heavy atom. The van der Waals surface area contributed by atoms with Crippen LogP contribution in [0.1, 0.15) is 49.9 Å². The molecule has 2 rings (SSSR count). The maximum Gasteiger partial charge on any atom is 1.00 e. The standard InChI is InChI=1S/C27H39F4N5O4.K/c1-20-15-24(27(29,30)31)34-36(20)19-25(37)33-23(26(38)39)11-14-35(18-22(16-28)40-2)13-7-5-3-4-6-9-21-10-8-12-32-17-21;/h6,9,15,17,22-23,32H,3,5,7-8,10-14,16,18-19H2,1-2H3,(H,33,37)(H,38,39);/q-2;+1/b21-9-;. The van der Waals surface area contributed by atoms with E-state index >= 15 is 0 Å². The van der Waals surface area contributed by atoms with Crippen LogP contribution in [0.2, 0.25) is 0 Å². The first kappa shape index (κ1) is 37.8. The molecule has 1 aromatic rings. The Morgan fingerprint density at radius 3 is 2.71 bits per heavy atom. The van der Waals surface area contributed by atoms with E-state index in [4.69, 9.17) is 4.74 Å². The van der Waals surface area contributed by atoms with Gasteiger partial charge in [0.05, 0.1) is 6.10 Å². The van der Waals surface area contributed by atoms with Crippen LogP contribution in [0.25, 0.3) is 0 Å². The van der Waals surface area contributed by atoms with Gasteiger partial charge in [0.1, 0.15) is 19.3 Å². The average Bonchev–Trinajstić information content (AvgIpc) is 3.29. The molecule has 14 heteroatoms. The fourth-order valence-electron chi connectivity index (χ4n) is 4.14. The number of amides is 1. The zero-order chi connectivity index (χ0) is 29.5. The van der Waals surface area contributed by atoms with Gasteiger partial charge in [-0.15, -0.1) is 6.42 Å². The van der Waals surface area contributed by atoms with Crippen molar-refractivity contribution in [3.63, 3.8) is 0 Å². The predicted octanol–water partition coefficient (Wildman–Crippen LogP) is 0.462. The average molecular weight is 613 g/mol. The van der Waals surface area contributed by atoms with E-state index in [2.05, 4.69) is 21.8 Å². The summed E-state index contributed by atoms with van der Waals surface area (Å²) in [7, 11) is 1.40. The molecular weight excluding hydrogens is 573 g/mol. The Morgan fingerprint density at radius 1 is 1.37 bits per heavy atom. The predicted molar refractivity (Wildman–Crippen MR) is 141 cm³/mol. The minimum atomic E-state index is -4.66. The van der Waals surface area contributed by atoms with Gasteiger partial charge in [0, 0.05) is 25.9 Å². The summed E-state index contributed by atoms with van der Waals surface area (Å²) in [5.41, 5.74) is 0.215. The molecule has 1 aliphatic heterocycles. The fraction of sp³-hybridized carbons (Fsp3) is 0.630. The van der Waals surface area contributed by atoms with Crippen molar-refractivity contribution in [2.24, 2.45) is 0 Å². The van der Waals surface area contributed by atoms with Gasteiger partial charge in [-0.25, -0.2) is 26.9 Å². The molecular formula is C27H39F4KN5O4-. The van der Waals surface area contributed by atoms with Crippen LogP contribution in [0.3, 0.4) is 0 Å². The van der Waals surface area contributed by atoms with Crippen molar-refractivity contribution in [3.05, 3.63) is 47.8 Å². The normalized spacial score (nSPS) is 16.4. The summed E-state index contributed by atoms with van der Waals surface area (Å²) in [4.78, 5) is 26.1. The summed E-state index contributed by atoms with van der Waals surface area (Å²) in [6.07, 6.45) is 6.33. The second-order valence-electron chi connectivity index (χ2n) is 9.66. The third-order valence-corrected chi connectivity index (χ3v) is 6.43. The number of unbranched alkanes of at least 4 members (excludes halogenated alkanes) is 2. The van der Waals surface area contributed by atoms with Gasteiger partial charge in [0.2, 0.25) is 5.91 Å². The number of aromatic nitrogens is 2. The number of hydrogen-bond donors (Lipinski definition) is 3. The number of carboxylic acid groups (broad SMARTS) is 1. The Bertz CT molecular complexity index is 991. The number of carbonyl (C=O) groups excluding carboxylic acids is 1. The number of allylic oxidation sites excluding steroid dienone is 3. The Hall–Kier alpha value is -1.26. The quantitative estimate of drug-likeness (QED) is 0.102. The number of alkyl halides is 4. The summed E-state index contributed by atoms with van der Waals surface area (Å²) in [6.45, 7) is 4.16. The van der Waals surface area contributed by atoms with Gasteiger partial charge in [-0.1, -0.05) is 12.8 Å². The zero-order valence-corrected chi connectivity index (χ0v) is 27.1. The summed E-state index contributed by atoms with van der Waals surface area (Å²) in [5, 5.41) is 18.6. The molecule has 0 saturated carbocycles. The molecule has 3 N–H and O–H groups in total. The number of methoxy groups -OCH3 is 1. The summed E-state index contributed by atoms with van der Waals surface area (Å²) in [6, 6.07) is -0.469. The van der Waals surface area contributed by atoms with E-state index in [1.54, 1.807) is 0 Å². The van der Waals surface area contributed by atoms with Crippen LogP contribution in [0, 0.1) is 19.5 Å². The number of carbonyl (C=O) groups is 2. The number of ether oxygens (including phenoxy) is 1. The molecule has 2 heterocycles. The molecule has 1 aliphatic rings. The molecule has 1 amide bonds. The van der Waals surface area contributed by atoms with E-state index in [0.717, 1.165) is 49.4 Å². The molecule has 0 bridgehead atoms. The van der Waals surface area contributed by atoms with Crippen molar-refractivity contribution in [1.29, 1.82) is 0 Å². The van der Waals surface area contributed by atoms with Crippen LogP contribution in [0.15, 0.2) is 23.8 Å². The van der Waals surface area contributed by atoms with Gasteiger partial charge in [-0.2, -0.15) is 24.8 Å². The molecule has 0 aromatic carbocycles. The van der Waals surface area contributed by atoms with Crippen molar-refractivity contribution in [1.82, 2.24) is 25.3 Å². The first-order valence-electron chi connectivity index (χ1n) is 13.3. The maximum absolute atomic E-state index is 13.3. The Balaban J connectivity index is 0.00000840.